The number of rotatable bonds is 16. The Morgan fingerprint density at radius 3 is 1.93 bits per heavy atom. The summed E-state index contributed by atoms with van der Waals surface area (Å²) in [6, 6.07) is 19.5. The molecule has 0 saturated carbocycles. The molecule has 45 heavy (non-hydrogen) atoms. The van der Waals surface area contributed by atoms with E-state index in [1.54, 1.807) is 12.1 Å². The van der Waals surface area contributed by atoms with Crippen LogP contribution in [0.3, 0.4) is 0 Å². The van der Waals surface area contributed by atoms with E-state index in [0.29, 0.717) is 23.7 Å². The Morgan fingerprint density at radius 2 is 1.40 bits per heavy atom. The van der Waals surface area contributed by atoms with Crippen molar-refractivity contribution < 1.29 is 33.8 Å². The van der Waals surface area contributed by atoms with E-state index < -0.39 is 37.0 Å². The molecule has 0 saturated heterocycles. The van der Waals surface area contributed by atoms with Crippen molar-refractivity contribution in [2.45, 2.75) is 58.6 Å². The highest BCUT2D eigenvalue weighted by Crippen LogP contribution is 2.38. The van der Waals surface area contributed by atoms with Gasteiger partial charge >= 0.3 is 7.12 Å². The smallest absolute Gasteiger partial charge is 0.475 e. The molecule has 3 atom stereocenters. The van der Waals surface area contributed by atoms with Gasteiger partial charge in [0.15, 0.2) is 11.5 Å². The molecule has 0 aromatic heterocycles. The lowest BCUT2D eigenvalue weighted by Crippen LogP contribution is -2.57. The van der Waals surface area contributed by atoms with Crippen LogP contribution in [0.4, 0.5) is 5.69 Å². The molecular formula is C34H46BN3O7. The van der Waals surface area contributed by atoms with E-state index >= 15 is 0 Å². The predicted molar refractivity (Wildman–Crippen MR) is 177 cm³/mol. The number of carbonyl (C=O) groups excluding carboxylic acids is 2. The minimum Gasteiger partial charge on any atom is -0.493 e. The van der Waals surface area contributed by atoms with Crippen LogP contribution in [0.2, 0.25) is 0 Å². The first kappa shape index (κ1) is 35.3. The minimum atomic E-state index is -1.73. The second-order valence-electron chi connectivity index (χ2n) is 11.8. The lowest BCUT2D eigenvalue weighted by Gasteiger charge is -2.28. The molecule has 2 amide bonds. The molecular weight excluding hydrogens is 573 g/mol. The van der Waals surface area contributed by atoms with Crippen molar-refractivity contribution in [2.75, 3.05) is 26.6 Å². The third-order valence-electron chi connectivity index (χ3n) is 7.45. The summed E-state index contributed by atoms with van der Waals surface area (Å²) < 4.78 is 16.5. The Bertz CT molecular complexity index is 1380. The summed E-state index contributed by atoms with van der Waals surface area (Å²) >= 11 is 0. The SMILES string of the molecule is COc1cc(C[C@@H](Nc2cccc(-c3ccccc3)c2)C(=O)N[C@H](C(=O)N[C@@H](CC(C)C)B(O)O)C(C)C)cc(OC)c1OC. The third-order valence-corrected chi connectivity index (χ3v) is 7.45. The van der Waals surface area contributed by atoms with Gasteiger partial charge in [-0.15, -0.1) is 0 Å². The van der Waals surface area contributed by atoms with Crippen LogP contribution in [-0.4, -0.2) is 68.3 Å². The molecule has 0 spiro atoms. The van der Waals surface area contributed by atoms with E-state index in [2.05, 4.69) is 16.0 Å². The monoisotopic (exact) mass is 619 g/mol. The Kier molecular flexibility index (Phi) is 13.1. The third kappa shape index (κ3) is 9.89. The minimum absolute atomic E-state index is 0.114. The number of nitrogens with one attached hydrogen (secondary N) is 3. The number of carbonyl (C=O) groups is 2. The van der Waals surface area contributed by atoms with Gasteiger partial charge in [0.25, 0.3) is 0 Å². The van der Waals surface area contributed by atoms with E-state index in [0.717, 1.165) is 22.4 Å². The lowest BCUT2D eigenvalue weighted by atomic mass is 9.75. The molecule has 11 heteroatoms. The fourth-order valence-corrected chi connectivity index (χ4v) is 5.14. The Balaban J connectivity index is 1.95. The molecule has 0 heterocycles. The average Bonchev–Trinajstić information content (AvgIpc) is 3.02. The molecule has 3 rings (SSSR count). The molecule has 0 fully saturated rings. The zero-order chi connectivity index (χ0) is 33.1. The summed E-state index contributed by atoms with van der Waals surface area (Å²) in [6.07, 6.45) is 0.584. The average molecular weight is 620 g/mol. The van der Waals surface area contributed by atoms with Crippen molar-refractivity contribution in [1.82, 2.24) is 10.6 Å². The normalized spacial score (nSPS) is 13.0. The van der Waals surface area contributed by atoms with Crippen LogP contribution in [0.1, 0.15) is 39.7 Å². The quantitative estimate of drug-likeness (QED) is 0.151. The maximum absolute atomic E-state index is 14.0. The first-order valence-electron chi connectivity index (χ1n) is 15.1. The molecule has 242 valence electrons. The maximum Gasteiger partial charge on any atom is 0.475 e. The van der Waals surface area contributed by atoms with E-state index in [1.165, 1.54) is 21.3 Å². The second kappa shape index (κ2) is 16.7. The van der Waals surface area contributed by atoms with Gasteiger partial charge in [0.05, 0.1) is 27.3 Å². The van der Waals surface area contributed by atoms with Gasteiger partial charge in [-0.3, -0.25) is 9.59 Å². The fourth-order valence-electron chi connectivity index (χ4n) is 5.14. The van der Waals surface area contributed by atoms with Crippen LogP contribution in [-0.2, 0) is 16.0 Å². The van der Waals surface area contributed by atoms with E-state index in [-0.39, 0.29) is 18.3 Å². The Morgan fingerprint density at radius 1 is 0.778 bits per heavy atom. The Labute approximate surface area is 266 Å². The summed E-state index contributed by atoms with van der Waals surface area (Å²) in [5, 5.41) is 28.8. The highest BCUT2D eigenvalue weighted by molar-refractivity contribution is 6.43. The van der Waals surface area contributed by atoms with Crippen LogP contribution in [0.15, 0.2) is 66.7 Å². The number of hydrogen-bond acceptors (Lipinski definition) is 8. The number of ether oxygens (including phenoxy) is 3. The van der Waals surface area contributed by atoms with Crippen LogP contribution < -0.4 is 30.2 Å². The highest BCUT2D eigenvalue weighted by Gasteiger charge is 2.33. The molecule has 0 unspecified atom stereocenters. The van der Waals surface area contributed by atoms with Crippen LogP contribution in [0, 0.1) is 11.8 Å². The van der Waals surface area contributed by atoms with Crippen LogP contribution >= 0.6 is 0 Å². The summed E-state index contributed by atoms with van der Waals surface area (Å²) in [7, 11) is 2.85. The number of anilines is 1. The summed E-state index contributed by atoms with van der Waals surface area (Å²) in [4.78, 5) is 27.4. The van der Waals surface area contributed by atoms with Gasteiger partial charge in [0.1, 0.15) is 12.1 Å². The van der Waals surface area contributed by atoms with Crippen molar-refractivity contribution in [3.8, 4) is 28.4 Å². The molecule has 0 bridgehead atoms. The van der Waals surface area contributed by atoms with Gasteiger partial charge in [-0.2, -0.15) is 0 Å². The highest BCUT2D eigenvalue weighted by atomic mass is 16.5. The predicted octanol–water partition coefficient (Wildman–Crippen LogP) is 4.09. The van der Waals surface area contributed by atoms with Crippen molar-refractivity contribution in [1.29, 1.82) is 0 Å². The van der Waals surface area contributed by atoms with Gasteiger partial charge in [-0.05, 0) is 59.2 Å². The van der Waals surface area contributed by atoms with Crippen LogP contribution in [0.5, 0.6) is 17.2 Å². The van der Waals surface area contributed by atoms with E-state index in [9.17, 15) is 19.6 Å². The zero-order valence-electron chi connectivity index (χ0n) is 27.2. The number of benzene rings is 3. The molecule has 0 aliphatic carbocycles. The van der Waals surface area contributed by atoms with Crippen LogP contribution in [0.25, 0.3) is 11.1 Å². The molecule has 0 radical (unpaired) electrons. The first-order valence-corrected chi connectivity index (χ1v) is 15.1. The van der Waals surface area contributed by atoms with Gasteiger partial charge in [0, 0.05) is 12.1 Å². The fraction of sp³-hybridized carbons (Fsp3) is 0.412. The molecule has 5 N–H and O–H groups in total. The molecule has 0 aliphatic rings. The Hall–Kier alpha value is -4.22. The lowest BCUT2D eigenvalue weighted by molar-refractivity contribution is -0.130. The van der Waals surface area contributed by atoms with Crippen molar-refractivity contribution >= 4 is 24.6 Å². The first-order chi connectivity index (χ1) is 21.5. The van der Waals surface area contributed by atoms with Gasteiger partial charge < -0.3 is 40.2 Å². The maximum atomic E-state index is 14.0. The van der Waals surface area contributed by atoms with E-state index in [4.69, 9.17) is 14.2 Å². The van der Waals surface area contributed by atoms with Gasteiger partial charge in [-0.1, -0.05) is 70.2 Å². The number of hydrogen-bond donors (Lipinski definition) is 5. The summed E-state index contributed by atoms with van der Waals surface area (Å²) in [5.41, 5.74) is 3.47. The molecule has 3 aromatic rings. The zero-order valence-corrected chi connectivity index (χ0v) is 27.2. The topological polar surface area (TPSA) is 138 Å². The van der Waals surface area contributed by atoms with Gasteiger partial charge in [-0.25, -0.2) is 0 Å². The number of methoxy groups -OCH3 is 3. The van der Waals surface area contributed by atoms with Gasteiger partial charge in [0.2, 0.25) is 17.6 Å². The summed E-state index contributed by atoms with van der Waals surface area (Å²) in [6.45, 7) is 7.50. The number of amides is 2. The second-order valence-corrected chi connectivity index (χ2v) is 11.8. The summed E-state index contributed by atoms with van der Waals surface area (Å²) in [5.74, 6) is -0.597. The van der Waals surface area contributed by atoms with E-state index in [1.807, 2.05) is 82.3 Å². The molecule has 3 aromatic carbocycles. The molecule has 0 aliphatic heterocycles. The largest absolute Gasteiger partial charge is 0.493 e. The van der Waals surface area contributed by atoms with Crippen molar-refractivity contribution in [3.63, 3.8) is 0 Å². The van der Waals surface area contributed by atoms with Crippen molar-refractivity contribution in [3.05, 3.63) is 72.3 Å². The van der Waals surface area contributed by atoms with Crippen molar-refractivity contribution in [2.24, 2.45) is 11.8 Å². The molecule has 10 nitrogen and oxygen atoms in total. The standard InChI is InChI=1S/C34H46BN3O7/c1-21(2)16-30(35(41)42)37-34(40)31(22(3)4)38-33(39)27(17-23-18-28(43-5)32(45-7)29(19-23)44-6)36-26-15-11-14-25(20-26)24-12-9-8-10-13-24/h8-15,18-22,27,30-31,36,41-42H,16-17H2,1-7H3,(H,37,40)(H,38,39)/t27-,30+,31+/m1/s1.